The molecule has 0 aliphatic carbocycles. The number of amidine groups is 1. The standard InChI is InChI=1S/C15H19N3O2S/c1-11(2)7-8-20-13-6-4-3-5-12(13)9-16-18-15-17-14(19)10-21-15/h3-6,9,11H,7-8,10H2,1-2H3,(H,17,18,19). The van der Waals surface area contributed by atoms with Gasteiger partial charge < -0.3 is 10.1 Å². The Morgan fingerprint density at radius 1 is 1.43 bits per heavy atom. The van der Waals surface area contributed by atoms with Crippen LogP contribution in [0.15, 0.2) is 34.5 Å². The Hall–Kier alpha value is -1.82. The van der Waals surface area contributed by atoms with Crippen LogP contribution in [-0.4, -0.2) is 29.6 Å². The summed E-state index contributed by atoms with van der Waals surface area (Å²) in [4.78, 5) is 11.0. The first-order valence-electron chi connectivity index (χ1n) is 6.90. The molecule has 112 valence electrons. The number of carbonyl (C=O) groups is 1. The molecule has 5 nitrogen and oxygen atoms in total. The number of benzene rings is 1. The van der Waals surface area contributed by atoms with Gasteiger partial charge in [-0.25, -0.2) is 0 Å². The average Bonchev–Trinajstić information content (AvgIpc) is 2.86. The van der Waals surface area contributed by atoms with E-state index in [4.69, 9.17) is 4.74 Å². The van der Waals surface area contributed by atoms with E-state index in [0.29, 0.717) is 23.4 Å². The third kappa shape index (κ3) is 5.23. The lowest BCUT2D eigenvalue weighted by molar-refractivity contribution is -0.116. The van der Waals surface area contributed by atoms with Gasteiger partial charge in [0.2, 0.25) is 5.91 Å². The van der Waals surface area contributed by atoms with Crippen LogP contribution in [0, 0.1) is 5.92 Å². The lowest BCUT2D eigenvalue weighted by Crippen LogP contribution is -2.19. The summed E-state index contributed by atoms with van der Waals surface area (Å²) in [5.41, 5.74) is 0.875. The van der Waals surface area contributed by atoms with Gasteiger partial charge in [0.05, 0.1) is 18.6 Å². The number of nitrogens with one attached hydrogen (secondary N) is 1. The molecule has 1 aliphatic heterocycles. The Bertz CT molecular complexity index is 556. The SMILES string of the molecule is CC(C)CCOc1ccccc1C=NN=C1NC(=O)CS1. The first-order valence-corrected chi connectivity index (χ1v) is 7.89. The summed E-state index contributed by atoms with van der Waals surface area (Å²) in [5, 5.41) is 11.2. The van der Waals surface area contributed by atoms with Gasteiger partial charge in [-0.05, 0) is 24.5 Å². The van der Waals surface area contributed by atoms with Gasteiger partial charge in [-0.2, -0.15) is 5.10 Å². The molecule has 0 radical (unpaired) electrons. The van der Waals surface area contributed by atoms with Crippen LogP contribution < -0.4 is 10.1 Å². The molecule has 0 saturated carbocycles. The Kier molecular flexibility index (Phi) is 5.80. The Labute approximate surface area is 128 Å². The van der Waals surface area contributed by atoms with E-state index in [1.807, 2.05) is 24.3 Å². The maximum atomic E-state index is 11.0. The van der Waals surface area contributed by atoms with Crippen LogP contribution >= 0.6 is 11.8 Å². The minimum absolute atomic E-state index is 0.0358. The molecule has 0 spiro atoms. The second kappa shape index (κ2) is 7.83. The molecule has 1 aromatic carbocycles. The van der Waals surface area contributed by atoms with Crippen LogP contribution in [0.25, 0.3) is 0 Å². The van der Waals surface area contributed by atoms with E-state index in [0.717, 1.165) is 17.7 Å². The van der Waals surface area contributed by atoms with Crippen LogP contribution in [0.5, 0.6) is 5.75 Å². The van der Waals surface area contributed by atoms with Gasteiger partial charge >= 0.3 is 0 Å². The van der Waals surface area contributed by atoms with Crippen molar-refractivity contribution < 1.29 is 9.53 Å². The summed E-state index contributed by atoms with van der Waals surface area (Å²) >= 11 is 1.35. The molecule has 1 heterocycles. The molecule has 1 amide bonds. The number of para-hydroxylation sites is 1. The van der Waals surface area contributed by atoms with Crippen molar-refractivity contribution in [1.82, 2.24) is 5.32 Å². The lowest BCUT2D eigenvalue weighted by Gasteiger charge is -2.09. The highest BCUT2D eigenvalue weighted by molar-refractivity contribution is 8.15. The molecular formula is C15H19N3O2S. The number of nitrogens with zero attached hydrogens (tertiary/aromatic N) is 2. The molecule has 0 bridgehead atoms. The van der Waals surface area contributed by atoms with Crippen LogP contribution in [0.2, 0.25) is 0 Å². The second-order valence-electron chi connectivity index (χ2n) is 5.06. The van der Waals surface area contributed by atoms with Crippen molar-refractivity contribution in [2.45, 2.75) is 20.3 Å². The molecule has 1 saturated heterocycles. The molecule has 1 N–H and O–H groups in total. The fraction of sp³-hybridized carbons (Fsp3) is 0.400. The van der Waals surface area contributed by atoms with E-state index in [2.05, 4.69) is 29.4 Å². The molecule has 1 fully saturated rings. The second-order valence-corrected chi connectivity index (χ2v) is 6.02. The number of hydrogen-bond donors (Lipinski definition) is 1. The Morgan fingerprint density at radius 2 is 2.24 bits per heavy atom. The van der Waals surface area contributed by atoms with Crippen molar-refractivity contribution in [1.29, 1.82) is 0 Å². The molecule has 21 heavy (non-hydrogen) atoms. The summed E-state index contributed by atoms with van der Waals surface area (Å²) < 4.78 is 5.77. The highest BCUT2D eigenvalue weighted by Gasteiger charge is 2.15. The van der Waals surface area contributed by atoms with E-state index < -0.39 is 0 Å². The van der Waals surface area contributed by atoms with E-state index in [1.54, 1.807) is 6.21 Å². The molecule has 1 aliphatic rings. The van der Waals surface area contributed by atoms with Crippen LogP contribution in [-0.2, 0) is 4.79 Å². The molecule has 0 unspecified atom stereocenters. The van der Waals surface area contributed by atoms with Crippen LogP contribution in [0.4, 0.5) is 0 Å². The number of ether oxygens (including phenoxy) is 1. The van der Waals surface area contributed by atoms with Crippen molar-refractivity contribution in [3.8, 4) is 5.75 Å². The fourth-order valence-electron chi connectivity index (χ4n) is 1.65. The highest BCUT2D eigenvalue weighted by Crippen LogP contribution is 2.17. The smallest absolute Gasteiger partial charge is 0.236 e. The van der Waals surface area contributed by atoms with Crippen LogP contribution in [0.3, 0.4) is 0 Å². The zero-order valence-electron chi connectivity index (χ0n) is 12.2. The molecule has 1 aromatic rings. The van der Waals surface area contributed by atoms with Gasteiger partial charge in [0.25, 0.3) is 0 Å². The van der Waals surface area contributed by atoms with Crippen molar-refractivity contribution >= 4 is 29.1 Å². The normalized spacial score (nSPS) is 16.9. The van der Waals surface area contributed by atoms with Gasteiger partial charge in [-0.1, -0.05) is 37.7 Å². The van der Waals surface area contributed by atoms with Gasteiger partial charge in [0, 0.05) is 5.56 Å². The highest BCUT2D eigenvalue weighted by atomic mass is 32.2. The third-order valence-electron chi connectivity index (χ3n) is 2.80. The van der Waals surface area contributed by atoms with Gasteiger partial charge in [0.15, 0.2) is 5.17 Å². The summed E-state index contributed by atoms with van der Waals surface area (Å²) in [7, 11) is 0. The van der Waals surface area contributed by atoms with Gasteiger partial charge in [-0.3, -0.25) is 4.79 Å². The predicted octanol–water partition coefficient (Wildman–Crippen LogP) is 2.66. The Balaban J connectivity index is 1.97. The van der Waals surface area contributed by atoms with E-state index in [1.165, 1.54) is 11.8 Å². The van der Waals surface area contributed by atoms with E-state index >= 15 is 0 Å². The van der Waals surface area contributed by atoms with Crippen molar-refractivity contribution in [2.24, 2.45) is 16.1 Å². The van der Waals surface area contributed by atoms with Gasteiger partial charge in [0.1, 0.15) is 5.75 Å². The molecule has 0 aromatic heterocycles. The van der Waals surface area contributed by atoms with E-state index in [-0.39, 0.29) is 5.91 Å². The third-order valence-corrected chi connectivity index (χ3v) is 3.67. The number of hydrogen-bond acceptors (Lipinski definition) is 5. The molecular weight excluding hydrogens is 286 g/mol. The van der Waals surface area contributed by atoms with Crippen molar-refractivity contribution in [3.05, 3.63) is 29.8 Å². The first kappa shape index (κ1) is 15.6. The Morgan fingerprint density at radius 3 is 2.95 bits per heavy atom. The summed E-state index contributed by atoms with van der Waals surface area (Å²) in [6.45, 7) is 5.02. The minimum atomic E-state index is -0.0358. The fourth-order valence-corrected chi connectivity index (χ4v) is 2.28. The zero-order valence-corrected chi connectivity index (χ0v) is 13.0. The van der Waals surface area contributed by atoms with E-state index in [9.17, 15) is 4.79 Å². The summed E-state index contributed by atoms with van der Waals surface area (Å²) in [6, 6.07) is 7.70. The summed E-state index contributed by atoms with van der Waals surface area (Å²) in [6.07, 6.45) is 2.65. The number of thioether (sulfide) groups is 1. The first-order chi connectivity index (χ1) is 10.1. The topological polar surface area (TPSA) is 63.1 Å². The van der Waals surface area contributed by atoms with Crippen molar-refractivity contribution in [2.75, 3.05) is 12.4 Å². The quantitative estimate of drug-likeness (QED) is 0.649. The largest absolute Gasteiger partial charge is 0.493 e. The number of rotatable bonds is 6. The molecule has 6 heteroatoms. The minimum Gasteiger partial charge on any atom is -0.493 e. The van der Waals surface area contributed by atoms with Crippen LogP contribution in [0.1, 0.15) is 25.8 Å². The average molecular weight is 305 g/mol. The predicted molar refractivity (Wildman–Crippen MR) is 87.0 cm³/mol. The summed E-state index contributed by atoms with van der Waals surface area (Å²) in [5.74, 6) is 1.78. The van der Waals surface area contributed by atoms with Gasteiger partial charge in [-0.15, -0.1) is 5.10 Å². The maximum absolute atomic E-state index is 11.0. The number of amides is 1. The number of carbonyl (C=O) groups excluding carboxylic acids is 1. The molecule has 2 rings (SSSR count). The van der Waals surface area contributed by atoms with Crippen molar-refractivity contribution in [3.63, 3.8) is 0 Å². The zero-order chi connectivity index (χ0) is 15.1. The maximum Gasteiger partial charge on any atom is 0.236 e. The lowest BCUT2D eigenvalue weighted by atomic mass is 10.1. The molecule has 0 atom stereocenters. The monoisotopic (exact) mass is 305 g/mol.